The number of morpholine rings is 1. The highest BCUT2D eigenvalue weighted by Crippen LogP contribution is 2.54. The minimum Gasteiger partial charge on any atom is -0.455 e. The van der Waals surface area contributed by atoms with Crippen molar-refractivity contribution in [2.24, 2.45) is 11.3 Å². The Balaban J connectivity index is 0.838. The molecular weight excluding hydrogens is 861 g/mol. The second-order valence-corrected chi connectivity index (χ2v) is 21.4. The summed E-state index contributed by atoms with van der Waals surface area (Å²) in [5, 5.41) is 26.2. The van der Waals surface area contributed by atoms with Gasteiger partial charge in [0.25, 0.3) is 15.9 Å². The number of hydrogen-bond acceptors (Lipinski definition) is 13. The third-order valence-corrected chi connectivity index (χ3v) is 16.2. The molecule has 1 unspecified atom stereocenters. The number of carbonyl (C=O) groups is 1. The number of ether oxygens (including phenoxy) is 2. The maximum atomic E-state index is 14.0. The van der Waals surface area contributed by atoms with Gasteiger partial charge in [-0.3, -0.25) is 19.8 Å². The first-order valence-corrected chi connectivity index (χ1v) is 24.8. The molecule has 2 aliphatic heterocycles. The fraction of sp³-hybridized carbons (Fsp3) is 0.490. The second-order valence-electron chi connectivity index (χ2n) is 19.7. The van der Waals surface area contributed by atoms with Crippen LogP contribution in [0.2, 0.25) is 0 Å². The van der Waals surface area contributed by atoms with Gasteiger partial charge in [0.1, 0.15) is 22.0 Å². The van der Waals surface area contributed by atoms with Crippen molar-refractivity contribution in [1.29, 1.82) is 0 Å². The van der Waals surface area contributed by atoms with Gasteiger partial charge in [-0.05, 0) is 131 Å². The van der Waals surface area contributed by atoms with E-state index in [0.717, 1.165) is 88.1 Å². The zero-order chi connectivity index (χ0) is 45.8. The lowest BCUT2D eigenvalue weighted by molar-refractivity contribution is -0.384. The van der Waals surface area contributed by atoms with E-state index in [1.54, 1.807) is 37.4 Å². The Morgan fingerprint density at radius 2 is 1.76 bits per heavy atom. The molecule has 2 saturated heterocycles. The Hall–Kier alpha value is -5.62. The highest BCUT2D eigenvalue weighted by atomic mass is 32.2. The van der Waals surface area contributed by atoms with E-state index in [2.05, 4.69) is 66.0 Å². The average Bonchev–Trinajstić information content (AvgIpc) is 4.04. The van der Waals surface area contributed by atoms with Gasteiger partial charge in [0.05, 0.1) is 47.2 Å². The Bertz CT molecular complexity index is 2730. The van der Waals surface area contributed by atoms with Gasteiger partial charge in [0, 0.05) is 61.6 Å². The number of fused-ring (bicyclic) bond motifs is 1. The van der Waals surface area contributed by atoms with Crippen molar-refractivity contribution in [3.63, 3.8) is 0 Å². The van der Waals surface area contributed by atoms with Gasteiger partial charge in [-0.2, -0.15) is 0 Å². The zero-order valence-corrected chi connectivity index (χ0v) is 38.3. The van der Waals surface area contributed by atoms with Crippen LogP contribution in [0.5, 0.6) is 11.5 Å². The molecule has 1 amide bonds. The highest BCUT2D eigenvalue weighted by molar-refractivity contribution is 7.90. The minimum atomic E-state index is -4.63. The fourth-order valence-corrected chi connectivity index (χ4v) is 11.8. The monoisotopic (exact) mass is 918 g/mol. The number of pyridine rings is 2. The molecule has 5 heterocycles. The van der Waals surface area contributed by atoms with E-state index in [0.29, 0.717) is 42.7 Å². The lowest BCUT2D eigenvalue weighted by Gasteiger charge is -2.58. The van der Waals surface area contributed by atoms with Gasteiger partial charge in [-0.25, -0.2) is 23.1 Å². The lowest BCUT2D eigenvalue weighted by atomic mass is 9.59. The fourth-order valence-electron chi connectivity index (χ4n) is 10.8. The van der Waals surface area contributed by atoms with Crippen molar-refractivity contribution < 1.29 is 32.7 Å². The lowest BCUT2D eigenvalue weighted by Crippen LogP contribution is -2.59. The number of benzene rings is 2. The molecule has 2 atom stereocenters. The number of anilines is 2. The van der Waals surface area contributed by atoms with Crippen LogP contribution in [0, 0.1) is 21.4 Å². The van der Waals surface area contributed by atoms with Gasteiger partial charge in [-0.15, -0.1) is 0 Å². The Labute approximate surface area is 384 Å². The number of aromatic amines is 1. The number of carbonyl (C=O) groups excluding carboxylic acids is 1. The standard InChI is InChI=1S/C49H58N8O8S/c1-31-29-56(43(30-64-31)40-6-4-3-5-39(40)33-7-8-33)36-24-49(25-36)16-19-55(20-17-49)35-9-10-41(44(22-35)65-37-21-34-13-18-50-45(34)52-27-37)47(58)54-66(62,63)38-23-42(57(60)61)46(53-28-38)51-26-32-11-14-48(2,59)15-12-32/h3-6,9-10,13,18,21-23,27-28,31-33,36,43,59H,7-8,11-12,14-17,19-20,24-26,29-30H2,1-2H3,(H,50,52)(H,51,53)(H,54,58)/t31?,32-,43-,48-/m1/s1. The number of aliphatic hydroxyl groups is 1. The van der Waals surface area contributed by atoms with Crippen LogP contribution in [0.3, 0.4) is 0 Å². The molecule has 17 heteroatoms. The van der Waals surface area contributed by atoms with Crippen LogP contribution < -0.4 is 19.7 Å². The minimum absolute atomic E-state index is 0.0448. The van der Waals surface area contributed by atoms with Gasteiger partial charge in [0.15, 0.2) is 0 Å². The number of H-pyrrole nitrogens is 1. The van der Waals surface area contributed by atoms with Crippen LogP contribution in [0.25, 0.3) is 11.0 Å². The number of hydrogen-bond donors (Lipinski definition) is 4. The van der Waals surface area contributed by atoms with Crippen molar-refractivity contribution in [1.82, 2.24) is 24.6 Å². The number of rotatable bonds is 13. The van der Waals surface area contributed by atoms with Crippen LogP contribution in [-0.4, -0.2) is 94.7 Å². The normalized spacial score (nSPS) is 24.8. The van der Waals surface area contributed by atoms with Gasteiger partial charge >= 0.3 is 5.69 Å². The topological polar surface area (TPSA) is 205 Å². The molecule has 10 rings (SSSR count). The first kappa shape index (κ1) is 44.2. The van der Waals surface area contributed by atoms with E-state index in [4.69, 9.17) is 9.47 Å². The third kappa shape index (κ3) is 9.22. The van der Waals surface area contributed by atoms with Gasteiger partial charge in [0.2, 0.25) is 5.82 Å². The predicted octanol–water partition coefficient (Wildman–Crippen LogP) is 8.22. The smallest absolute Gasteiger partial charge is 0.312 e. The van der Waals surface area contributed by atoms with Crippen molar-refractivity contribution >= 4 is 44.2 Å². The molecule has 5 aliphatic rings. The number of piperidine rings is 1. The maximum Gasteiger partial charge on any atom is 0.312 e. The summed E-state index contributed by atoms with van der Waals surface area (Å²) in [5.74, 6) is 0.277. The molecule has 0 radical (unpaired) electrons. The van der Waals surface area contributed by atoms with E-state index in [9.17, 15) is 28.4 Å². The van der Waals surface area contributed by atoms with Gasteiger partial charge in [-0.1, -0.05) is 24.3 Å². The van der Waals surface area contributed by atoms with Crippen molar-refractivity contribution in [2.75, 3.05) is 43.0 Å². The number of nitrogens with zero attached hydrogens (tertiary/aromatic N) is 5. The van der Waals surface area contributed by atoms with E-state index in [1.807, 2.05) is 6.07 Å². The Morgan fingerprint density at radius 1 is 1.00 bits per heavy atom. The number of aromatic nitrogens is 3. The molecule has 348 valence electrons. The summed E-state index contributed by atoms with van der Waals surface area (Å²) in [4.78, 5) is 41.5. The molecular formula is C49H58N8O8S. The van der Waals surface area contributed by atoms with Crippen molar-refractivity contribution in [3.8, 4) is 11.5 Å². The molecule has 3 aromatic heterocycles. The molecule has 5 aromatic rings. The molecule has 0 bridgehead atoms. The SMILES string of the molecule is CC1CN(C2CC3(CCN(c4ccc(C(=O)NS(=O)(=O)c5cnc(NC[C@H]6CC[C@](C)(O)CC6)c([N+](=O)[O-])c5)c(Oc5cnc6[nH]ccc6c5)c4)CC3)C2)[C@@H](c2ccccc2C2CC2)CO1. The third-order valence-electron chi connectivity index (χ3n) is 14.9. The van der Waals surface area contributed by atoms with Crippen LogP contribution in [0.4, 0.5) is 17.2 Å². The molecule has 1 spiro atoms. The van der Waals surface area contributed by atoms with Crippen molar-refractivity contribution in [2.45, 2.75) is 113 Å². The molecule has 66 heavy (non-hydrogen) atoms. The summed E-state index contributed by atoms with van der Waals surface area (Å²) >= 11 is 0. The molecule has 16 nitrogen and oxygen atoms in total. The number of nitrogens with one attached hydrogen (secondary N) is 3. The second kappa shape index (κ2) is 17.6. The van der Waals surface area contributed by atoms with E-state index in [-0.39, 0.29) is 40.6 Å². The molecule has 3 aliphatic carbocycles. The first-order valence-electron chi connectivity index (χ1n) is 23.4. The Morgan fingerprint density at radius 3 is 2.50 bits per heavy atom. The average molecular weight is 919 g/mol. The molecule has 2 aromatic carbocycles. The summed E-state index contributed by atoms with van der Waals surface area (Å²) in [7, 11) is -4.63. The molecule has 5 fully saturated rings. The van der Waals surface area contributed by atoms with E-state index >= 15 is 0 Å². The summed E-state index contributed by atoms with van der Waals surface area (Å²) < 4.78 is 42.2. The van der Waals surface area contributed by atoms with Crippen LogP contribution in [-0.2, 0) is 14.8 Å². The largest absolute Gasteiger partial charge is 0.455 e. The summed E-state index contributed by atoms with van der Waals surface area (Å²) in [6, 6.07) is 19.4. The van der Waals surface area contributed by atoms with Crippen molar-refractivity contribution in [3.05, 3.63) is 106 Å². The number of sulfonamides is 1. The number of nitro groups is 1. The summed E-state index contributed by atoms with van der Waals surface area (Å²) in [6.07, 6.45) is 14.1. The van der Waals surface area contributed by atoms with E-state index in [1.165, 1.54) is 30.2 Å². The highest BCUT2D eigenvalue weighted by Gasteiger charge is 2.50. The zero-order valence-electron chi connectivity index (χ0n) is 37.4. The van der Waals surface area contributed by atoms with Crippen LogP contribution in [0.1, 0.15) is 112 Å². The maximum absolute atomic E-state index is 14.0. The van der Waals surface area contributed by atoms with E-state index < -0.39 is 37.0 Å². The molecule has 4 N–H and O–H groups in total. The molecule has 3 saturated carbocycles. The summed E-state index contributed by atoms with van der Waals surface area (Å²) in [6.45, 7) is 7.64. The van der Waals surface area contributed by atoms with Gasteiger partial charge < -0.3 is 29.8 Å². The summed E-state index contributed by atoms with van der Waals surface area (Å²) in [5.41, 5.74) is 3.38. The van der Waals surface area contributed by atoms with Crippen LogP contribution in [0.15, 0.2) is 84.1 Å². The number of amides is 1. The quantitative estimate of drug-likeness (QED) is 0.0650. The first-order chi connectivity index (χ1) is 31.7. The Kier molecular flexibility index (Phi) is 11.8. The predicted molar refractivity (Wildman–Crippen MR) is 249 cm³/mol. The van der Waals surface area contributed by atoms with Crippen LogP contribution >= 0.6 is 0 Å².